The predicted octanol–water partition coefficient (Wildman–Crippen LogP) is 3.06. The van der Waals surface area contributed by atoms with Crippen LogP contribution in [0.25, 0.3) is 0 Å². The van der Waals surface area contributed by atoms with Crippen LogP contribution in [0.15, 0.2) is 11.6 Å². The van der Waals surface area contributed by atoms with Crippen molar-refractivity contribution in [3.63, 3.8) is 0 Å². The van der Waals surface area contributed by atoms with E-state index in [-0.39, 0.29) is 28.3 Å². The van der Waals surface area contributed by atoms with Gasteiger partial charge < -0.3 is 5.11 Å². The van der Waals surface area contributed by atoms with Crippen LogP contribution in [0.3, 0.4) is 0 Å². The molecule has 1 N–H and O–H groups in total. The van der Waals surface area contributed by atoms with E-state index in [4.69, 9.17) is 0 Å². The van der Waals surface area contributed by atoms with E-state index in [0.29, 0.717) is 24.7 Å². The number of carbonyl (C=O) groups excluding carboxylic acids is 2. The standard InChI is InChI=1S/C19H26O3/c1-18-7-5-12(20)9-11(18)3-4-13-14(18)6-8-19(2)16(22)10-15(21)17(13)19/h9,13-15,17,21H,3-8,10H2,1-2H3. The zero-order valence-electron chi connectivity index (χ0n) is 13.6. The smallest absolute Gasteiger partial charge is 0.155 e. The number of rotatable bonds is 0. The molecule has 3 fully saturated rings. The van der Waals surface area contributed by atoms with Crippen LogP contribution in [0.5, 0.6) is 0 Å². The fourth-order valence-corrected chi connectivity index (χ4v) is 6.39. The molecule has 0 radical (unpaired) electrons. The Morgan fingerprint density at radius 1 is 1.09 bits per heavy atom. The van der Waals surface area contributed by atoms with Crippen LogP contribution in [0, 0.1) is 28.6 Å². The van der Waals surface area contributed by atoms with E-state index in [1.807, 2.05) is 6.08 Å². The summed E-state index contributed by atoms with van der Waals surface area (Å²) in [5, 5.41) is 10.5. The third-order valence-corrected chi connectivity index (χ3v) is 7.66. The van der Waals surface area contributed by atoms with Crippen molar-refractivity contribution in [2.75, 3.05) is 0 Å². The highest BCUT2D eigenvalue weighted by molar-refractivity contribution is 5.91. The van der Waals surface area contributed by atoms with Crippen molar-refractivity contribution in [3.8, 4) is 0 Å². The van der Waals surface area contributed by atoms with Crippen LogP contribution in [-0.4, -0.2) is 22.8 Å². The molecule has 6 atom stereocenters. The number of fused-ring (bicyclic) bond motifs is 5. The van der Waals surface area contributed by atoms with Gasteiger partial charge in [-0.3, -0.25) is 9.59 Å². The van der Waals surface area contributed by atoms with Gasteiger partial charge in [-0.05, 0) is 55.4 Å². The van der Waals surface area contributed by atoms with Gasteiger partial charge in [0.15, 0.2) is 5.78 Å². The summed E-state index contributed by atoms with van der Waals surface area (Å²) < 4.78 is 0. The number of aliphatic hydroxyl groups excluding tert-OH is 1. The maximum Gasteiger partial charge on any atom is 0.155 e. The average Bonchev–Trinajstić information content (AvgIpc) is 2.70. The predicted molar refractivity (Wildman–Crippen MR) is 83.1 cm³/mol. The van der Waals surface area contributed by atoms with E-state index in [2.05, 4.69) is 13.8 Å². The summed E-state index contributed by atoms with van der Waals surface area (Å²) in [6.07, 6.45) is 7.39. The van der Waals surface area contributed by atoms with Crippen LogP contribution < -0.4 is 0 Å². The van der Waals surface area contributed by atoms with E-state index in [1.165, 1.54) is 5.57 Å². The van der Waals surface area contributed by atoms with Gasteiger partial charge in [0.25, 0.3) is 0 Å². The van der Waals surface area contributed by atoms with Gasteiger partial charge in [0.05, 0.1) is 6.10 Å². The minimum absolute atomic E-state index is 0.115. The van der Waals surface area contributed by atoms with Crippen LogP contribution in [0.2, 0.25) is 0 Å². The summed E-state index contributed by atoms with van der Waals surface area (Å²) >= 11 is 0. The molecule has 22 heavy (non-hydrogen) atoms. The van der Waals surface area contributed by atoms with E-state index in [1.54, 1.807) is 0 Å². The van der Waals surface area contributed by atoms with Crippen molar-refractivity contribution in [2.24, 2.45) is 28.6 Å². The monoisotopic (exact) mass is 302 g/mol. The quantitative estimate of drug-likeness (QED) is 0.748. The SMILES string of the molecule is CC12CCC(=O)C=C1CCC1C2CCC2(C)C(=O)CC(O)C12. The number of hydrogen-bond donors (Lipinski definition) is 1. The minimum Gasteiger partial charge on any atom is -0.392 e. The van der Waals surface area contributed by atoms with Gasteiger partial charge in [0.1, 0.15) is 5.78 Å². The Morgan fingerprint density at radius 2 is 1.86 bits per heavy atom. The third-order valence-electron chi connectivity index (χ3n) is 7.66. The first-order valence-electron chi connectivity index (χ1n) is 8.81. The summed E-state index contributed by atoms with van der Waals surface area (Å²) in [6, 6.07) is 0. The lowest BCUT2D eigenvalue weighted by Crippen LogP contribution is -2.52. The molecule has 4 rings (SSSR count). The second-order valence-electron chi connectivity index (χ2n) is 8.54. The lowest BCUT2D eigenvalue weighted by Gasteiger charge is -2.57. The van der Waals surface area contributed by atoms with Gasteiger partial charge in [-0.15, -0.1) is 0 Å². The molecule has 6 unspecified atom stereocenters. The Hall–Kier alpha value is -0.960. The zero-order valence-corrected chi connectivity index (χ0v) is 13.6. The largest absolute Gasteiger partial charge is 0.392 e. The normalized spacial score (nSPS) is 51.0. The molecule has 0 heterocycles. The van der Waals surface area contributed by atoms with Crippen LogP contribution in [-0.2, 0) is 9.59 Å². The number of Topliss-reactive ketones (excluding diaryl/α,β-unsaturated/α-hetero) is 1. The topological polar surface area (TPSA) is 54.4 Å². The van der Waals surface area contributed by atoms with E-state index < -0.39 is 6.10 Å². The molecule has 0 amide bonds. The van der Waals surface area contributed by atoms with Crippen LogP contribution in [0.4, 0.5) is 0 Å². The Kier molecular flexibility index (Phi) is 3.01. The van der Waals surface area contributed by atoms with Crippen LogP contribution in [0.1, 0.15) is 58.8 Å². The summed E-state index contributed by atoms with van der Waals surface area (Å²) in [6.45, 7) is 4.42. The molecule has 0 bridgehead atoms. The molecule has 3 saturated carbocycles. The molecule has 0 aliphatic heterocycles. The van der Waals surface area contributed by atoms with Gasteiger partial charge in [-0.2, -0.15) is 0 Å². The lowest BCUT2D eigenvalue weighted by atomic mass is 9.47. The van der Waals surface area contributed by atoms with E-state index >= 15 is 0 Å². The minimum atomic E-state index is -0.454. The Balaban J connectivity index is 1.73. The molecular formula is C19H26O3. The van der Waals surface area contributed by atoms with Crippen molar-refractivity contribution in [2.45, 2.75) is 64.9 Å². The van der Waals surface area contributed by atoms with Crippen molar-refractivity contribution in [1.82, 2.24) is 0 Å². The van der Waals surface area contributed by atoms with Gasteiger partial charge in [-0.25, -0.2) is 0 Å². The summed E-state index contributed by atoms with van der Waals surface area (Å²) in [4.78, 5) is 24.2. The summed E-state index contributed by atoms with van der Waals surface area (Å²) in [5.74, 6) is 1.65. The summed E-state index contributed by atoms with van der Waals surface area (Å²) in [7, 11) is 0. The van der Waals surface area contributed by atoms with Crippen molar-refractivity contribution in [3.05, 3.63) is 11.6 Å². The van der Waals surface area contributed by atoms with E-state index in [0.717, 1.165) is 32.1 Å². The van der Waals surface area contributed by atoms with E-state index in [9.17, 15) is 14.7 Å². The first kappa shape index (κ1) is 14.6. The Bertz CT molecular complexity index is 577. The number of hydrogen-bond acceptors (Lipinski definition) is 3. The molecule has 120 valence electrons. The first-order chi connectivity index (χ1) is 10.4. The second-order valence-corrected chi connectivity index (χ2v) is 8.54. The van der Waals surface area contributed by atoms with Gasteiger partial charge in [-0.1, -0.05) is 19.4 Å². The van der Waals surface area contributed by atoms with Gasteiger partial charge in [0.2, 0.25) is 0 Å². The fourth-order valence-electron chi connectivity index (χ4n) is 6.39. The molecule has 4 aliphatic carbocycles. The molecular weight excluding hydrogens is 276 g/mol. The highest BCUT2D eigenvalue weighted by atomic mass is 16.3. The highest BCUT2D eigenvalue weighted by Crippen LogP contribution is 2.64. The molecule has 0 aromatic rings. The lowest BCUT2D eigenvalue weighted by molar-refractivity contribution is -0.133. The Labute approximate surface area is 132 Å². The zero-order chi connectivity index (χ0) is 15.7. The molecule has 0 saturated heterocycles. The van der Waals surface area contributed by atoms with Gasteiger partial charge in [0, 0.05) is 24.2 Å². The van der Waals surface area contributed by atoms with Crippen LogP contribution >= 0.6 is 0 Å². The molecule has 0 aromatic heterocycles. The van der Waals surface area contributed by atoms with Gasteiger partial charge >= 0.3 is 0 Å². The number of ketones is 2. The summed E-state index contributed by atoms with van der Waals surface area (Å²) in [5.41, 5.74) is 1.15. The number of carbonyl (C=O) groups is 2. The molecule has 3 nitrogen and oxygen atoms in total. The fraction of sp³-hybridized carbons (Fsp3) is 0.789. The average molecular weight is 302 g/mol. The van der Waals surface area contributed by atoms with Crippen molar-refractivity contribution < 1.29 is 14.7 Å². The van der Waals surface area contributed by atoms with Crippen molar-refractivity contribution >= 4 is 11.6 Å². The second kappa shape index (κ2) is 4.53. The molecule has 3 heteroatoms. The highest BCUT2D eigenvalue weighted by Gasteiger charge is 2.61. The maximum absolute atomic E-state index is 12.4. The third kappa shape index (κ3) is 1.72. The number of aliphatic hydroxyl groups is 1. The molecule has 0 spiro atoms. The van der Waals surface area contributed by atoms with Crippen molar-refractivity contribution in [1.29, 1.82) is 0 Å². The number of allylic oxidation sites excluding steroid dienone is 1. The Morgan fingerprint density at radius 3 is 2.64 bits per heavy atom. The molecule has 4 aliphatic rings. The first-order valence-corrected chi connectivity index (χ1v) is 8.81. The maximum atomic E-state index is 12.4. The molecule has 0 aromatic carbocycles.